The SMILES string of the molecule is O=C(c1cccc(S(=O)(=O)Nc2ccccn2)c1)N1CCCc2ccccc21. The predicted octanol–water partition coefficient (Wildman–Crippen LogP) is 3.48. The van der Waals surface area contributed by atoms with E-state index in [1.807, 2.05) is 24.3 Å². The molecule has 2 heterocycles. The summed E-state index contributed by atoms with van der Waals surface area (Å²) < 4.78 is 27.8. The minimum absolute atomic E-state index is 0.0225. The molecule has 2 aromatic carbocycles. The van der Waals surface area contributed by atoms with Crippen LogP contribution in [0.2, 0.25) is 0 Å². The Balaban J connectivity index is 1.63. The molecule has 0 unspecified atom stereocenters. The lowest BCUT2D eigenvalue weighted by atomic mass is 10.0. The van der Waals surface area contributed by atoms with Gasteiger partial charge in [-0.25, -0.2) is 13.4 Å². The number of para-hydroxylation sites is 1. The Bertz CT molecular complexity index is 1110. The summed E-state index contributed by atoms with van der Waals surface area (Å²) in [7, 11) is -3.84. The highest BCUT2D eigenvalue weighted by atomic mass is 32.2. The van der Waals surface area contributed by atoms with Crippen LogP contribution in [0, 0.1) is 0 Å². The highest BCUT2D eigenvalue weighted by Crippen LogP contribution is 2.28. The molecule has 0 atom stereocenters. The number of benzene rings is 2. The van der Waals surface area contributed by atoms with Crippen LogP contribution >= 0.6 is 0 Å². The molecule has 1 N–H and O–H groups in total. The fourth-order valence-corrected chi connectivity index (χ4v) is 4.37. The van der Waals surface area contributed by atoms with Gasteiger partial charge in [0.05, 0.1) is 4.90 Å². The number of amides is 1. The van der Waals surface area contributed by atoms with Gasteiger partial charge in [0.25, 0.3) is 15.9 Å². The van der Waals surface area contributed by atoms with Gasteiger partial charge < -0.3 is 4.90 Å². The van der Waals surface area contributed by atoms with Crippen LogP contribution in [0.1, 0.15) is 22.3 Å². The van der Waals surface area contributed by atoms with Crippen molar-refractivity contribution < 1.29 is 13.2 Å². The monoisotopic (exact) mass is 393 g/mol. The van der Waals surface area contributed by atoms with Crippen LogP contribution < -0.4 is 9.62 Å². The van der Waals surface area contributed by atoms with Crippen LogP contribution in [-0.2, 0) is 16.4 Å². The number of rotatable bonds is 4. The molecule has 1 aromatic heterocycles. The first-order valence-electron chi connectivity index (χ1n) is 8.98. The summed E-state index contributed by atoms with van der Waals surface area (Å²) in [6.07, 6.45) is 3.32. The minimum Gasteiger partial charge on any atom is -0.308 e. The van der Waals surface area contributed by atoms with Gasteiger partial charge >= 0.3 is 0 Å². The van der Waals surface area contributed by atoms with Crippen LogP contribution in [0.5, 0.6) is 0 Å². The van der Waals surface area contributed by atoms with E-state index in [1.165, 1.54) is 18.3 Å². The summed E-state index contributed by atoms with van der Waals surface area (Å²) in [5, 5.41) is 0. The van der Waals surface area contributed by atoms with Crippen molar-refractivity contribution in [2.75, 3.05) is 16.2 Å². The number of carbonyl (C=O) groups is 1. The molecule has 0 fully saturated rings. The van der Waals surface area contributed by atoms with Gasteiger partial charge in [-0.05, 0) is 54.8 Å². The van der Waals surface area contributed by atoms with Crippen molar-refractivity contribution in [3.8, 4) is 0 Å². The first kappa shape index (κ1) is 18.2. The maximum absolute atomic E-state index is 13.1. The first-order chi connectivity index (χ1) is 13.5. The molecule has 1 aliphatic heterocycles. The summed E-state index contributed by atoms with van der Waals surface area (Å²) in [5.74, 6) is 0.0197. The number of hydrogen-bond donors (Lipinski definition) is 1. The van der Waals surface area contributed by atoms with Crippen molar-refractivity contribution in [3.05, 3.63) is 84.1 Å². The van der Waals surface area contributed by atoms with Gasteiger partial charge in [-0.2, -0.15) is 0 Å². The second-order valence-electron chi connectivity index (χ2n) is 6.54. The molecular weight excluding hydrogens is 374 g/mol. The smallest absolute Gasteiger partial charge is 0.263 e. The first-order valence-corrected chi connectivity index (χ1v) is 10.5. The molecule has 1 aliphatic rings. The fraction of sp³-hybridized carbons (Fsp3) is 0.143. The lowest BCUT2D eigenvalue weighted by Gasteiger charge is -2.29. The lowest BCUT2D eigenvalue weighted by molar-refractivity contribution is 0.0985. The molecule has 28 heavy (non-hydrogen) atoms. The Morgan fingerprint density at radius 2 is 1.82 bits per heavy atom. The molecule has 0 saturated carbocycles. The van der Waals surface area contributed by atoms with Crippen molar-refractivity contribution in [2.24, 2.45) is 0 Å². The normalized spacial score (nSPS) is 13.6. The van der Waals surface area contributed by atoms with E-state index >= 15 is 0 Å². The van der Waals surface area contributed by atoms with Crippen LogP contribution in [0.25, 0.3) is 0 Å². The third kappa shape index (κ3) is 3.61. The zero-order valence-corrected chi connectivity index (χ0v) is 15.9. The summed E-state index contributed by atoms with van der Waals surface area (Å²) in [6.45, 7) is 0.610. The number of nitrogens with zero attached hydrogens (tertiary/aromatic N) is 2. The minimum atomic E-state index is -3.84. The van der Waals surface area contributed by atoms with Gasteiger partial charge in [0.15, 0.2) is 0 Å². The van der Waals surface area contributed by atoms with Gasteiger partial charge in [0.2, 0.25) is 0 Å². The molecule has 0 spiro atoms. The van der Waals surface area contributed by atoms with E-state index in [9.17, 15) is 13.2 Å². The summed E-state index contributed by atoms with van der Waals surface area (Å²) >= 11 is 0. The number of anilines is 2. The molecule has 142 valence electrons. The number of sulfonamides is 1. The average Bonchev–Trinajstić information content (AvgIpc) is 2.73. The van der Waals surface area contributed by atoms with E-state index in [0.29, 0.717) is 12.1 Å². The molecule has 0 saturated heterocycles. The van der Waals surface area contributed by atoms with E-state index in [-0.39, 0.29) is 16.6 Å². The van der Waals surface area contributed by atoms with Crippen molar-refractivity contribution in [3.63, 3.8) is 0 Å². The zero-order valence-electron chi connectivity index (χ0n) is 15.1. The van der Waals surface area contributed by atoms with Crippen molar-refractivity contribution in [2.45, 2.75) is 17.7 Å². The summed E-state index contributed by atoms with van der Waals surface area (Å²) in [6, 6.07) is 18.9. The van der Waals surface area contributed by atoms with Crippen molar-refractivity contribution in [1.82, 2.24) is 4.98 Å². The van der Waals surface area contributed by atoms with Gasteiger partial charge in [-0.3, -0.25) is 9.52 Å². The molecule has 0 bridgehead atoms. The van der Waals surface area contributed by atoms with E-state index < -0.39 is 10.0 Å². The summed E-state index contributed by atoms with van der Waals surface area (Å²) in [4.78, 5) is 18.8. The third-order valence-electron chi connectivity index (χ3n) is 4.65. The van der Waals surface area contributed by atoms with Crippen LogP contribution in [0.4, 0.5) is 11.5 Å². The van der Waals surface area contributed by atoms with E-state index in [4.69, 9.17) is 0 Å². The second-order valence-corrected chi connectivity index (χ2v) is 8.22. The van der Waals surface area contributed by atoms with E-state index in [1.54, 1.807) is 35.2 Å². The van der Waals surface area contributed by atoms with Crippen molar-refractivity contribution in [1.29, 1.82) is 0 Å². The third-order valence-corrected chi connectivity index (χ3v) is 6.00. The standard InChI is InChI=1S/C21H19N3O3S/c25-21(24-14-6-9-16-7-1-2-11-19(16)24)17-8-5-10-18(15-17)28(26,27)23-20-12-3-4-13-22-20/h1-5,7-8,10-13,15H,6,9,14H2,(H,22,23). The maximum Gasteiger partial charge on any atom is 0.263 e. The number of aryl methyl sites for hydroxylation is 1. The molecule has 0 aliphatic carbocycles. The molecule has 0 radical (unpaired) electrons. The fourth-order valence-electron chi connectivity index (χ4n) is 3.32. The number of hydrogen-bond acceptors (Lipinski definition) is 4. The van der Waals surface area contributed by atoms with Gasteiger partial charge in [-0.15, -0.1) is 0 Å². The van der Waals surface area contributed by atoms with Crippen molar-refractivity contribution >= 4 is 27.4 Å². The van der Waals surface area contributed by atoms with Crippen LogP contribution in [0.3, 0.4) is 0 Å². The molecule has 1 amide bonds. The predicted molar refractivity (Wildman–Crippen MR) is 108 cm³/mol. The Morgan fingerprint density at radius 3 is 2.64 bits per heavy atom. The van der Waals surface area contributed by atoms with E-state index in [2.05, 4.69) is 9.71 Å². The lowest BCUT2D eigenvalue weighted by Crippen LogP contribution is -2.35. The molecule has 6 nitrogen and oxygen atoms in total. The Hall–Kier alpha value is -3.19. The number of aromatic nitrogens is 1. The quantitative estimate of drug-likeness (QED) is 0.736. The average molecular weight is 393 g/mol. The highest BCUT2D eigenvalue weighted by molar-refractivity contribution is 7.92. The zero-order chi connectivity index (χ0) is 19.6. The van der Waals surface area contributed by atoms with Gasteiger partial charge in [0.1, 0.15) is 5.82 Å². The molecular formula is C21H19N3O3S. The van der Waals surface area contributed by atoms with Crippen LogP contribution in [-0.4, -0.2) is 25.9 Å². The number of nitrogens with one attached hydrogen (secondary N) is 1. The van der Waals surface area contributed by atoms with Gasteiger partial charge in [-0.1, -0.05) is 30.3 Å². The molecule has 3 aromatic rings. The molecule has 7 heteroatoms. The van der Waals surface area contributed by atoms with Crippen LogP contribution in [0.15, 0.2) is 77.8 Å². The van der Waals surface area contributed by atoms with E-state index in [0.717, 1.165) is 24.1 Å². The Morgan fingerprint density at radius 1 is 1.00 bits per heavy atom. The second kappa shape index (κ2) is 7.44. The molecule has 4 rings (SSSR count). The largest absolute Gasteiger partial charge is 0.308 e. The number of fused-ring (bicyclic) bond motifs is 1. The number of carbonyl (C=O) groups excluding carboxylic acids is 1. The summed E-state index contributed by atoms with van der Waals surface area (Å²) in [5.41, 5.74) is 2.35. The highest BCUT2D eigenvalue weighted by Gasteiger charge is 2.24. The van der Waals surface area contributed by atoms with Gasteiger partial charge in [0, 0.05) is 24.0 Å². The Kier molecular flexibility index (Phi) is 4.83. The Labute approximate surface area is 163 Å². The maximum atomic E-state index is 13.1. The topological polar surface area (TPSA) is 79.4 Å². The number of pyridine rings is 1.